The van der Waals surface area contributed by atoms with Gasteiger partial charge in [-0.2, -0.15) is 0 Å². The van der Waals surface area contributed by atoms with Crippen LogP contribution in [0, 0.1) is 0 Å². The van der Waals surface area contributed by atoms with E-state index in [9.17, 15) is 0 Å². The SMILES string of the molecule is COc1ccc([Si](C)(C)C)nc1OC. The topological polar surface area (TPSA) is 31.4 Å². The summed E-state index contributed by atoms with van der Waals surface area (Å²) in [5, 5.41) is 1.13. The molecule has 1 aromatic heterocycles. The maximum absolute atomic E-state index is 5.16. The van der Waals surface area contributed by atoms with Gasteiger partial charge >= 0.3 is 0 Å². The molecule has 0 aliphatic carbocycles. The zero-order valence-electron chi connectivity index (χ0n) is 9.42. The highest BCUT2D eigenvalue weighted by Gasteiger charge is 2.20. The molecule has 0 fully saturated rings. The fourth-order valence-corrected chi connectivity index (χ4v) is 2.17. The molecule has 1 rings (SSSR count). The van der Waals surface area contributed by atoms with Gasteiger partial charge in [0, 0.05) is 5.32 Å². The molecular formula is C10H17NO2Si. The van der Waals surface area contributed by atoms with E-state index in [-0.39, 0.29) is 0 Å². The molecule has 0 aliphatic heterocycles. The van der Waals surface area contributed by atoms with Crippen molar-refractivity contribution in [2.24, 2.45) is 0 Å². The molecule has 0 radical (unpaired) electrons. The fraction of sp³-hybridized carbons (Fsp3) is 0.500. The van der Waals surface area contributed by atoms with E-state index in [1.807, 2.05) is 12.1 Å². The molecule has 0 unspecified atom stereocenters. The molecule has 0 N–H and O–H groups in total. The van der Waals surface area contributed by atoms with Crippen molar-refractivity contribution in [2.75, 3.05) is 14.2 Å². The van der Waals surface area contributed by atoms with E-state index in [4.69, 9.17) is 9.47 Å². The lowest BCUT2D eigenvalue weighted by molar-refractivity contribution is 0.344. The van der Waals surface area contributed by atoms with Gasteiger partial charge in [-0.15, -0.1) is 0 Å². The first kappa shape index (κ1) is 11.0. The van der Waals surface area contributed by atoms with Gasteiger partial charge in [-0.25, -0.2) is 4.98 Å². The largest absolute Gasteiger partial charge is 0.491 e. The Labute approximate surface area is 86.1 Å². The summed E-state index contributed by atoms with van der Waals surface area (Å²) in [5.41, 5.74) is 0. The molecule has 1 heterocycles. The average Bonchev–Trinajstić information content (AvgIpc) is 2.15. The number of aromatic nitrogens is 1. The van der Waals surface area contributed by atoms with Crippen molar-refractivity contribution in [2.45, 2.75) is 19.6 Å². The minimum atomic E-state index is -1.36. The number of ether oxygens (including phenoxy) is 2. The standard InChI is InChI=1S/C10H17NO2Si/c1-12-8-6-7-9(14(3,4)5)11-10(8)13-2/h6-7H,1-5H3. The molecule has 0 aromatic carbocycles. The summed E-state index contributed by atoms with van der Waals surface area (Å²) in [6.45, 7) is 6.75. The van der Waals surface area contributed by atoms with Gasteiger partial charge in [0.1, 0.15) is 8.07 Å². The number of hydrogen-bond acceptors (Lipinski definition) is 3. The summed E-state index contributed by atoms with van der Waals surface area (Å²) in [6, 6.07) is 3.94. The van der Waals surface area contributed by atoms with E-state index in [1.54, 1.807) is 14.2 Å². The van der Waals surface area contributed by atoms with Crippen molar-refractivity contribution in [3.05, 3.63) is 12.1 Å². The molecule has 0 atom stereocenters. The Kier molecular flexibility index (Phi) is 3.16. The Balaban J connectivity index is 3.14. The molecule has 1 aromatic rings. The summed E-state index contributed by atoms with van der Waals surface area (Å²) in [5.74, 6) is 1.27. The van der Waals surface area contributed by atoms with Crippen molar-refractivity contribution >= 4 is 13.4 Å². The highest BCUT2D eigenvalue weighted by atomic mass is 28.3. The monoisotopic (exact) mass is 211 g/mol. The van der Waals surface area contributed by atoms with Crippen molar-refractivity contribution < 1.29 is 9.47 Å². The summed E-state index contributed by atoms with van der Waals surface area (Å²) >= 11 is 0. The first-order chi connectivity index (χ1) is 6.49. The number of pyridine rings is 1. The number of methoxy groups -OCH3 is 2. The van der Waals surface area contributed by atoms with Crippen LogP contribution in [-0.4, -0.2) is 27.3 Å². The smallest absolute Gasteiger partial charge is 0.256 e. The second kappa shape index (κ2) is 4.00. The Bertz CT molecular complexity index is 320. The molecule has 0 bridgehead atoms. The Hall–Kier alpha value is -1.03. The second-order valence-electron chi connectivity index (χ2n) is 4.16. The van der Waals surface area contributed by atoms with Crippen LogP contribution in [-0.2, 0) is 0 Å². The normalized spacial score (nSPS) is 11.2. The molecular weight excluding hydrogens is 194 g/mol. The number of rotatable bonds is 3. The lowest BCUT2D eigenvalue weighted by Gasteiger charge is -2.16. The van der Waals surface area contributed by atoms with Gasteiger partial charge in [0.05, 0.1) is 14.2 Å². The second-order valence-corrected chi connectivity index (χ2v) is 9.17. The van der Waals surface area contributed by atoms with E-state index >= 15 is 0 Å². The van der Waals surface area contributed by atoms with Gasteiger partial charge in [0.15, 0.2) is 5.75 Å². The molecule has 3 nitrogen and oxygen atoms in total. The molecule has 0 amide bonds. The third kappa shape index (κ3) is 2.26. The highest BCUT2D eigenvalue weighted by molar-refractivity contribution is 6.88. The van der Waals surface area contributed by atoms with Crippen molar-refractivity contribution in [3.8, 4) is 11.6 Å². The molecule has 14 heavy (non-hydrogen) atoms. The molecule has 0 spiro atoms. The summed E-state index contributed by atoms with van der Waals surface area (Å²) < 4.78 is 10.3. The van der Waals surface area contributed by atoms with Crippen LogP contribution in [0.1, 0.15) is 0 Å². The van der Waals surface area contributed by atoms with Crippen molar-refractivity contribution in [1.29, 1.82) is 0 Å². The minimum Gasteiger partial charge on any atom is -0.491 e. The van der Waals surface area contributed by atoms with Gasteiger partial charge in [-0.3, -0.25) is 0 Å². The van der Waals surface area contributed by atoms with Crippen LogP contribution in [0.2, 0.25) is 19.6 Å². The fourth-order valence-electron chi connectivity index (χ4n) is 1.15. The van der Waals surface area contributed by atoms with Gasteiger partial charge in [0.25, 0.3) is 5.88 Å². The predicted molar refractivity (Wildman–Crippen MR) is 60.3 cm³/mol. The van der Waals surface area contributed by atoms with E-state index in [1.165, 1.54) is 0 Å². The summed E-state index contributed by atoms with van der Waals surface area (Å²) in [6.07, 6.45) is 0. The molecule has 0 aliphatic rings. The number of hydrogen-bond donors (Lipinski definition) is 0. The first-order valence-electron chi connectivity index (χ1n) is 4.58. The molecule has 78 valence electrons. The predicted octanol–water partition coefficient (Wildman–Crippen LogP) is 1.64. The lowest BCUT2D eigenvalue weighted by atomic mass is 10.4. The maximum Gasteiger partial charge on any atom is 0.256 e. The molecule has 0 saturated carbocycles. The quantitative estimate of drug-likeness (QED) is 0.712. The Morgan fingerprint density at radius 1 is 1.07 bits per heavy atom. The minimum absolute atomic E-state index is 0.576. The van der Waals surface area contributed by atoms with Gasteiger partial charge < -0.3 is 9.47 Å². The van der Waals surface area contributed by atoms with Crippen molar-refractivity contribution in [3.63, 3.8) is 0 Å². The van der Waals surface area contributed by atoms with Crippen LogP contribution < -0.4 is 14.8 Å². The van der Waals surface area contributed by atoms with Crippen LogP contribution in [0.25, 0.3) is 0 Å². The third-order valence-electron chi connectivity index (χ3n) is 2.01. The van der Waals surface area contributed by atoms with Crippen molar-refractivity contribution in [1.82, 2.24) is 4.98 Å². The first-order valence-corrected chi connectivity index (χ1v) is 8.08. The highest BCUT2D eigenvalue weighted by Crippen LogP contribution is 2.22. The Morgan fingerprint density at radius 3 is 2.14 bits per heavy atom. The van der Waals surface area contributed by atoms with Crippen LogP contribution in [0.15, 0.2) is 12.1 Å². The van der Waals surface area contributed by atoms with Gasteiger partial charge in [-0.1, -0.05) is 19.6 Å². The van der Waals surface area contributed by atoms with E-state index in [2.05, 4.69) is 24.6 Å². The van der Waals surface area contributed by atoms with Crippen LogP contribution in [0.5, 0.6) is 11.6 Å². The summed E-state index contributed by atoms with van der Waals surface area (Å²) in [4.78, 5) is 4.45. The van der Waals surface area contributed by atoms with Crippen LogP contribution in [0.4, 0.5) is 0 Å². The maximum atomic E-state index is 5.16. The van der Waals surface area contributed by atoms with Gasteiger partial charge in [-0.05, 0) is 12.1 Å². The van der Waals surface area contributed by atoms with E-state index in [0.29, 0.717) is 11.6 Å². The number of nitrogens with zero attached hydrogens (tertiary/aromatic N) is 1. The van der Waals surface area contributed by atoms with Crippen LogP contribution in [0.3, 0.4) is 0 Å². The zero-order chi connectivity index (χ0) is 10.8. The third-order valence-corrected chi connectivity index (χ3v) is 3.82. The van der Waals surface area contributed by atoms with E-state index in [0.717, 1.165) is 5.32 Å². The molecule has 4 heteroatoms. The molecule has 0 saturated heterocycles. The van der Waals surface area contributed by atoms with E-state index < -0.39 is 8.07 Å². The average molecular weight is 211 g/mol. The van der Waals surface area contributed by atoms with Crippen LogP contribution >= 0.6 is 0 Å². The zero-order valence-corrected chi connectivity index (χ0v) is 10.4. The lowest BCUT2D eigenvalue weighted by Crippen LogP contribution is -2.39. The van der Waals surface area contributed by atoms with Gasteiger partial charge in [0.2, 0.25) is 0 Å². The summed E-state index contributed by atoms with van der Waals surface area (Å²) in [7, 11) is 1.87. The Morgan fingerprint density at radius 2 is 1.71 bits per heavy atom.